The normalized spacial score (nSPS) is 12.2. The maximum Gasteiger partial charge on any atom is 0.306 e. The average Bonchev–Trinajstić information content (AvgIpc) is 2.29. The molecule has 0 radical (unpaired) electrons. The summed E-state index contributed by atoms with van der Waals surface area (Å²) in [5, 5.41) is 1.22. The number of carbonyl (C=O) groups is 1. The molecule has 0 spiro atoms. The number of hydrogen-bond donors (Lipinski definition) is 0. The lowest BCUT2D eigenvalue weighted by molar-refractivity contribution is -0.143. The minimum atomic E-state index is -0.179. The van der Waals surface area contributed by atoms with Crippen LogP contribution in [0.4, 0.5) is 0 Å². The fraction of sp³-hybridized carbons (Fsp3) is 0.500. The van der Waals surface area contributed by atoms with Crippen LogP contribution in [-0.4, -0.2) is 12.6 Å². The molecule has 0 fully saturated rings. The van der Waals surface area contributed by atoms with E-state index in [0.29, 0.717) is 23.1 Å². The van der Waals surface area contributed by atoms with E-state index in [-0.39, 0.29) is 11.9 Å². The molecule has 0 aliphatic rings. The summed E-state index contributed by atoms with van der Waals surface area (Å²) in [4.78, 5) is 11.6. The van der Waals surface area contributed by atoms with Gasteiger partial charge in [0.2, 0.25) is 0 Å². The zero-order valence-electron chi connectivity index (χ0n) is 10.7. The zero-order valence-corrected chi connectivity index (χ0v) is 12.2. The number of ether oxygens (including phenoxy) is 1. The summed E-state index contributed by atoms with van der Waals surface area (Å²) < 4.78 is 5.00. The first-order valence-electron chi connectivity index (χ1n) is 6.19. The highest BCUT2D eigenvalue weighted by molar-refractivity contribution is 6.35. The number of benzene rings is 1. The van der Waals surface area contributed by atoms with Gasteiger partial charge in [0.25, 0.3) is 0 Å². The molecule has 1 rings (SSSR count). The maximum absolute atomic E-state index is 11.6. The third-order valence-corrected chi connectivity index (χ3v) is 3.32. The summed E-state index contributed by atoms with van der Waals surface area (Å²) in [7, 11) is 0. The Hall–Kier alpha value is -0.730. The monoisotopic (exact) mass is 288 g/mol. The predicted molar refractivity (Wildman–Crippen MR) is 75.4 cm³/mol. The summed E-state index contributed by atoms with van der Waals surface area (Å²) in [5.41, 5.74) is 0.968. The number of halogens is 2. The van der Waals surface area contributed by atoms with Crippen molar-refractivity contribution in [3.63, 3.8) is 0 Å². The SMILES string of the molecule is CCCC(CC(=O)OCC)c1ccc(Cl)cc1Cl. The van der Waals surface area contributed by atoms with Crippen LogP contribution < -0.4 is 0 Å². The highest BCUT2D eigenvalue weighted by Gasteiger charge is 2.18. The molecule has 100 valence electrons. The van der Waals surface area contributed by atoms with Gasteiger partial charge in [0.15, 0.2) is 0 Å². The molecule has 2 nitrogen and oxygen atoms in total. The third kappa shape index (κ3) is 4.51. The quantitative estimate of drug-likeness (QED) is 0.701. The predicted octanol–water partition coefficient (Wildman–Crippen LogP) is 4.83. The molecule has 0 aliphatic heterocycles. The van der Waals surface area contributed by atoms with Gasteiger partial charge in [0, 0.05) is 10.0 Å². The van der Waals surface area contributed by atoms with Gasteiger partial charge in [-0.2, -0.15) is 0 Å². The molecule has 1 unspecified atom stereocenters. The molecule has 18 heavy (non-hydrogen) atoms. The number of rotatable bonds is 6. The fourth-order valence-corrected chi connectivity index (χ4v) is 2.53. The molecule has 1 aromatic rings. The second-order valence-electron chi connectivity index (χ2n) is 4.16. The maximum atomic E-state index is 11.6. The van der Waals surface area contributed by atoms with E-state index in [2.05, 4.69) is 6.92 Å². The minimum absolute atomic E-state index is 0.0961. The Morgan fingerprint density at radius 1 is 1.33 bits per heavy atom. The van der Waals surface area contributed by atoms with E-state index >= 15 is 0 Å². The molecule has 0 aromatic heterocycles. The molecule has 0 N–H and O–H groups in total. The first kappa shape index (κ1) is 15.3. The standard InChI is InChI=1S/C14H18Cl2O2/c1-3-5-10(8-14(17)18-4-2)12-7-6-11(15)9-13(12)16/h6-7,9-10H,3-5,8H2,1-2H3. The van der Waals surface area contributed by atoms with E-state index < -0.39 is 0 Å². The smallest absolute Gasteiger partial charge is 0.306 e. The van der Waals surface area contributed by atoms with E-state index in [1.54, 1.807) is 12.1 Å². The Morgan fingerprint density at radius 3 is 2.61 bits per heavy atom. The first-order valence-corrected chi connectivity index (χ1v) is 6.94. The highest BCUT2D eigenvalue weighted by Crippen LogP contribution is 2.32. The Kier molecular flexibility index (Phi) is 6.51. The number of hydrogen-bond acceptors (Lipinski definition) is 2. The van der Waals surface area contributed by atoms with E-state index in [1.807, 2.05) is 13.0 Å². The summed E-state index contributed by atoms with van der Waals surface area (Å²) >= 11 is 12.1. The summed E-state index contributed by atoms with van der Waals surface area (Å²) in [6.45, 7) is 4.30. The van der Waals surface area contributed by atoms with Gasteiger partial charge in [-0.1, -0.05) is 42.6 Å². The molecule has 0 heterocycles. The molecule has 1 aromatic carbocycles. The van der Waals surface area contributed by atoms with Gasteiger partial charge in [0.1, 0.15) is 0 Å². The van der Waals surface area contributed by atoms with Gasteiger partial charge >= 0.3 is 5.97 Å². The van der Waals surface area contributed by atoms with E-state index in [0.717, 1.165) is 18.4 Å². The van der Waals surface area contributed by atoms with Crippen LogP contribution in [0, 0.1) is 0 Å². The topological polar surface area (TPSA) is 26.3 Å². The molecule has 1 atom stereocenters. The van der Waals surface area contributed by atoms with Crippen LogP contribution in [0.15, 0.2) is 18.2 Å². The van der Waals surface area contributed by atoms with Gasteiger partial charge < -0.3 is 4.74 Å². The second-order valence-corrected chi connectivity index (χ2v) is 5.00. The van der Waals surface area contributed by atoms with Crippen molar-refractivity contribution in [2.75, 3.05) is 6.61 Å². The van der Waals surface area contributed by atoms with Gasteiger partial charge in [0.05, 0.1) is 13.0 Å². The van der Waals surface area contributed by atoms with Gasteiger partial charge in [-0.25, -0.2) is 0 Å². The van der Waals surface area contributed by atoms with Crippen LogP contribution in [0.1, 0.15) is 44.6 Å². The van der Waals surface area contributed by atoms with Crippen molar-refractivity contribution in [2.45, 2.75) is 39.0 Å². The lowest BCUT2D eigenvalue weighted by atomic mass is 9.91. The number of esters is 1. The second kappa shape index (κ2) is 7.65. The van der Waals surface area contributed by atoms with Crippen LogP contribution in [0.2, 0.25) is 10.0 Å². The average molecular weight is 289 g/mol. The molecular weight excluding hydrogens is 271 g/mol. The first-order chi connectivity index (χ1) is 8.58. The fourth-order valence-electron chi connectivity index (χ4n) is 1.97. The molecule has 0 saturated carbocycles. The summed E-state index contributed by atoms with van der Waals surface area (Å²) in [6.07, 6.45) is 2.26. The van der Waals surface area contributed by atoms with Gasteiger partial charge in [-0.15, -0.1) is 0 Å². The summed E-state index contributed by atoms with van der Waals surface area (Å²) in [6, 6.07) is 5.41. The van der Waals surface area contributed by atoms with E-state index in [1.165, 1.54) is 0 Å². The van der Waals surface area contributed by atoms with Crippen molar-refractivity contribution >= 4 is 29.2 Å². The molecule has 0 aliphatic carbocycles. The largest absolute Gasteiger partial charge is 0.466 e. The van der Waals surface area contributed by atoms with E-state index in [9.17, 15) is 4.79 Å². The van der Waals surface area contributed by atoms with Crippen molar-refractivity contribution in [3.8, 4) is 0 Å². The van der Waals surface area contributed by atoms with Crippen molar-refractivity contribution in [1.82, 2.24) is 0 Å². The van der Waals surface area contributed by atoms with Crippen LogP contribution in [0.25, 0.3) is 0 Å². The Balaban J connectivity index is 2.86. The third-order valence-electron chi connectivity index (χ3n) is 2.76. The van der Waals surface area contributed by atoms with Gasteiger partial charge in [-0.05, 0) is 37.0 Å². The molecule has 0 amide bonds. The Bertz CT molecular complexity index is 405. The van der Waals surface area contributed by atoms with Crippen LogP contribution in [0.5, 0.6) is 0 Å². The van der Waals surface area contributed by atoms with Crippen molar-refractivity contribution in [1.29, 1.82) is 0 Å². The molecule has 0 saturated heterocycles. The van der Waals surface area contributed by atoms with Crippen molar-refractivity contribution in [3.05, 3.63) is 33.8 Å². The highest BCUT2D eigenvalue weighted by atomic mass is 35.5. The van der Waals surface area contributed by atoms with Gasteiger partial charge in [-0.3, -0.25) is 4.79 Å². The summed E-state index contributed by atoms with van der Waals surface area (Å²) in [5.74, 6) is -0.0826. The number of carbonyl (C=O) groups excluding carboxylic acids is 1. The lowest BCUT2D eigenvalue weighted by Crippen LogP contribution is -2.11. The molecule has 0 bridgehead atoms. The molecule has 4 heteroatoms. The van der Waals surface area contributed by atoms with Crippen LogP contribution >= 0.6 is 23.2 Å². The Morgan fingerprint density at radius 2 is 2.06 bits per heavy atom. The van der Waals surface area contributed by atoms with Crippen molar-refractivity contribution < 1.29 is 9.53 Å². The molecular formula is C14H18Cl2O2. The Labute approximate surface area is 118 Å². The van der Waals surface area contributed by atoms with Crippen LogP contribution in [0.3, 0.4) is 0 Å². The lowest BCUT2D eigenvalue weighted by Gasteiger charge is -2.17. The van der Waals surface area contributed by atoms with E-state index in [4.69, 9.17) is 27.9 Å². The van der Waals surface area contributed by atoms with Crippen LogP contribution in [-0.2, 0) is 9.53 Å². The minimum Gasteiger partial charge on any atom is -0.466 e. The van der Waals surface area contributed by atoms with Crippen molar-refractivity contribution in [2.24, 2.45) is 0 Å². The zero-order chi connectivity index (χ0) is 13.5.